The third-order valence-electron chi connectivity index (χ3n) is 8.48. The predicted octanol–water partition coefficient (Wildman–Crippen LogP) is 5.78. The van der Waals surface area contributed by atoms with Crippen molar-refractivity contribution in [1.82, 2.24) is 15.0 Å². The van der Waals surface area contributed by atoms with Crippen LogP contribution in [0.5, 0.6) is 5.88 Å². The number of amides is 1. The van der Waals surface area contributed by atoms with Crippen LogP contribution in [0.15, 0.2) is 54.9 Å². The molecular weight excluding hydrogens is 537 g/mol. The Morgan fingerprint density at radius 2 is 1.83 bits per heavy atom. The molecule has 1 aromatic carbocycles. The molecule has 3 heterocycles. The number of nitrogens with zero attached hydrogens (tertiary/aromatic N) is 3. The molecule has 3 aromatic rings. The Hall–Kier alpha value is -3.86. The molecule has 0 radical (unpaired) electrons. The van der Waals surface area contributed by atoms with Crippen molar-refractivity contribution in [2.45, 2.75) is 57.9 Å². The Kier molecular flexibility index (Phi) is 6.80. The smallest absolute Gasteiger partial charge is 0.394 e. The molecule has 4 fully saturated rings. The molecule has 214 valence electrons. The van der Waals surface area contributed by atoms with Gasteiger partial charge in [0.15, 0.2) is 11.6 Å². The lowest BCUT2D eigenvalue weighted by Crippen LogP contribution is -2.71. The minimum atomic E-state index is -4.32. The van der Waals surface area contributed by atoms with Crippen LogP contribution in [-0.2, 0) is 16.1 Å². The van der Waals surface area contributed by atoms with Crippen molar-refractivity contribution in [3.05, 3.63) is 77.4 Å². The van der Waals surface area contributed by atoms with Crippen LogP contribution in [0.1, 0.15) is 65.5 Å². The zero-order valence-corrected chi connectivity index (χ0v) is 22.4. The van der Waals surface area contributed by atoms with E-state index in [2.05, 4.69) is 20.3 Å². The molecule has 2 aromatic heterocycles. The number of alkyl halides is 3. The number of ether oxygens (including phenoxy) is 2. The lowest BCUT2D eigenvalue weighted by molar-refractivity contribution is -0.346. The second-order valence-corrected chi connectivity index (χ2v) is 11.4. The first-order valence-corrected chi connectivity index (χ1v) is 13.6. The summed E-state index contributed by atoms with van der Waals surface area (Å²) in [5.74, 6) is -0.799. The maximum Gasteiger partial charge on any atom is 0.394 e. The van der Waals surface area contributed by atoms with Crippen LogP contribution in [0.4, 0.5) is 19.0 Å². The molecule has 3 saturated carbocycles. The van der Waals surface area contributed by atoms with Gasteiger partial charge in [0, 0.05) is 30.2 Å². The highest BCUT2D eigenvalue weighted by Gasteiger charge is 2.81. The van der Waals surface area contributed by atoms with E-state index in [9.17, 15) is 22.8 Å². The summed E-state index contributed by atoms with van der Waals surface area (Å²) in [5, 5.41) is 2.73. The fourth-order valence-electron chi connectivity index (χ4n) is 6.19. The highest BCUT2D eigenvalue weighted by Crippen LogP contribution is 2.79. The number of aromatic nitrogens is 3. The van der Waals surface area contributed by atoms with Gasteiger partial charge in [0.25, 0.3) is 0 Å². The Bertz CT molecular complexity index is 1440. The topological polar surface area (TPSA) is 103 Å². The molecule has 1 aliphatic heterocycles. The number of ketones is 1. The van der Waals surface area contributed by atoms with Gasteiger partial charge in [-0.05, 0) is 56.2 Å². The molecule has 8 nitrogen and oxygen atoms in total. The lowest BCUT2D eigenvalue weighted by atomic mass is 9.33. The molecule has 4 aliphatic rings. The average Bonchev–Trinajstić information content (AvgIpc) is 2.91. The van der Waals surface area contributed by atoms with Gasteiger partial charge in [-0.25, -0.2) is 15.0 Å². The molecule has 0 unspecified atom stereocenters. The summed E-state index contributed by atoms with van der Waals surface area (Å²) in [6.07, 6.45) is -1.45. The first-order chi connectivity index (χ1) is 19.6. The number of hydrogen-bond donors (Lipinski definition) is 1. The number of Topliss-reactive ketones (excluding diaryl/α,β-unsaturated/α-hetero) is 1. The minimum absolute atomic E-state index is 0.0130. The number of halogens is 3. The molecule has 2 bridgehead atoms. The van der Waals surface area contributed by atoms with Crippen molar-refractivity contribution in [1.29, 1.82) is 0 Å². The van der Waals surface area contributed by atoms with E-state index in [1.54, 1.807) is 19.2 Å². The summed E-state index contributed by atoms with van der Waals surface area (Å²) in [5.41, 5.74) is -0.638. The minimum Gasteiger partial charge on any atom is -0.473 e. The molecule has 1 saturated heterocycles. The molecule has 1 amide bonds. The number of aryl methyl sites for hydroxylation is 1. The average molecular weight is 567 g/mol. The maximum absolute atomic E-state index is 13.3. The fourth-order valence-corrected chi connectivity index (χ4v) is 6.19. The number of benzene rings is 1. The van der Waals surface area contributed by atoms with E-state index in [4.69, 9.17) is 9.47 Å². The normalized spacial score (nSPS) is 26.8. The van der Waals surface area contributed by atoms with Crippen LogP contribution in [0.25, 0.3) is 0 Å². The number of carbonyl (C=O) groups excluding carboxylic acids is 2. The summed E-state index contributed by atoms with van der Waals surface area (Å²) in [6, 6.07) is 13.4. The Morgan fingerprint density at radius 3 is 2.51 bits per heavy atom. The van der Waals surface area contributed by atoms with E-state index >= 15 is 0 Å². The van der Waals surface area contributed by atoms with Crippen molar-refractivity contribution < 1.29 is 32.2 Å². The SMILES string of the molecule is Cc1cnc(NC(=O)[C@H]2CCO[C@@H](c3ccc(OCc4ccccc4)nc3)C2)c(C(=O)C23CC(C(F)(F)F)(C2)C3)n1. The molecule has 11 heteroatoms. The highest BCUT2D eigenvalue weighted by molar-refractivity contribution is 6.07. The van der Waals surface area contributed by atoms with E-state index in [-0.39, 0.29) is 42.8 Å². The van der Waals surface area contributed by atoms with Gasteiger partial charge in [-0.15, -0.1) is 0 Å². The lowest BCUT2D eigenvalue weighted by Gasteiger charge is -2.69. The van der Waals surface area contributed by atoms with Crippen molar-refractivity contribution in [2.75, 3.05) is 11.9 Å². The number of hydrogen-bond acceptors (Lipinski definition) is 7. The van der Waals surface area contributed by atoms with Crippen molar-refractivity contribution in [3.63, 3.8) is 0 Å². The van der Waals surface area contributed by atoms with E-state index < -0.39 is 28.7 Å². The summed E-state index contributed by atoms with van der Waals surface area (Å²) in [7, 11) is 0. The zero-order valence-electron chi connectivity index (χ0n) is 22.4. The Morgan fingerprint density at radius 1 is 1.07 bits per heavy atom. The molecule has 7 rings (SSSR count). The first kappa shape index (κ1) is 27.3. The predicted molar refractivity (Wildman–Crippen MR) is 141 cm³/mol. The molecule has 1 N–H and O–H groups in total. The van der Waals surface area contributed by atoms with Crippen LogP contribution in [0, 0.1) is 23.7 Å². The van der Waals surface area contributed by atoms with E-state index in [0.717, 1.165) is 11.1 Å². The van der Waals surface area contributed by atoms with Gasteiger partial charge in [-0.3, -0.25) is 9.59 Å². The van der Waals surface area contributed by atoms with Gasteiger partial charge in [-0.2, -0.15) is 13.2 Å². The van der Waals surface area contributed by atoms with Crippen molar-refractivity contribution in [2.24, 2.45) is 16.7 Å². The molecule has 0 spiro atoms. The third-order valence-corrected chi connectivity index (χ3v) is 8.48. The van der Waals surface area contributed by atoms with Gasteiger partial charge >= 0.3 is 6.18 Å². The summed E-state index contributed by atoms with van der Waals surface area (Å²) in [6.45, 7) is 2.39. The van der Waals surface area contributed by atoms with Gasteiger partial charge in [0.2, 0.25) is 11.8 Å². The quantitative estimate of drug-likeness (QED) is 0.345. The van der Waals surface area contributed by atoms with Crippen LogP contribution in [0.3, 0.4) is 0 Å². The largest absolute Gasteiger partial charge is 0.473 e. The van der Waals surface area contributed by atoms with Gasteiger partial charge in [0.1, 0.15) is 12.3 Å². The van der Waals surface area contributed by atoms with Gasteiger partial charge in [-0.1, -0.05) is 30.3 Å². The maximum atomic E-state index is 13.3. The molecule has 2 atom stereocenters. The van der Waals surface area contributed by atoms with Crippen LogP contribution in [-0.4, -0.2) is 39.4 Å². The van der Waals surface area contributed by atoms with E-state index in [1.807, 2.05) is 36.4 Å². The molecular formula is C30H29F3N4O4. The second kappa shape index (κ2) is 10.2. The standard InChI is InChI=1S/C30H29F3N4O4/c1-18-12-35-26(24(36-18)25(38)28-15-29(16-28,17-28)30(31,32)33)37-27(39)20-9-10-40-22(11-20)21-7-8-23(34-13-21)41-14-19-5-3-2-4-6-19/h2-8,12-13,20,22H,9-11,14-17H2,1H3,(H,35,37,39)/t20-,22+,28?,29?/m0/s1. The zero-order chi connectivity index (χ0) is 28.8. The van der Waals surface area contributed by atoms with E-state index in [0.29, 0.717) is 37.6 Å². The number of carbonyl (C=O) groups is 2. The van der Waals surface area contributed by atoms with Gasteiger partial charge < -0.3 is 14.8 Å². The van der Waals surface area contributed by atoms with Crippen molar-refractivity contribution in [3.8, 4) is 5.88 Å². The van der Waals surface area contributed by atoms with Gasteiger partial charge in [0.05, 0.1) is 23.4 Å². The number of nitrogens with one attached hydrogen (secondary N) is 1. The highest BCUT2D eigenvalue weighted by atomic mass is 19.4. The number of pyridine rings is 1. The molecule has 3 aliphatic carbocycles. The van der Waals surface area contributed by atoms with E-state index in [1.165, 1.54) is 6.20 Å². The Balaban J connectivity index is 1.09. The summed E-state index contributed by atoms with van der Waals surface area (Å²) >= 11 is 0. The van der Waals surface area contributed by atoms with Crippen LogP contribution >= 0.6 is 0 Å². The van der Waals surface area contributed by atoms with Crippen LogP contribution in [0.2, 0.25) is 0 Å². The third kappa shape index (κ3) is 5.07. The first-order valence-electron chi connectivity index (χ1n) is 13.6. The van der Waals surface area contributed by atoms with Crippen molar-refractivity contribution >= 4 is 17.5 Å². The fraction of sp³-hybridized carbons (Fsp3) is 0.433. The summed E-state index contributed by atoms with van der Waals surface area (Å²) < 4.78 is 51.7. The number of anilines is 1. The monoisotopic (exact) mass is 566 g/mol. The number of rotatable bonds is 8. The van der Waals surface area contributed by atoms with Crippen LogP contribution < -0.4 is 10.1 Å². The molecule has 41 heavy (non-hydrogen) atoms. The second-order valence-electron chi connectivity index (χ2n) is 11.4. The summed E-state index contributed by atoms with van der Waals surface area (Å²) in [4.78, 5) is 39.5. The Labute approximate surface area is 234 Å².